The monoisotopic (exact) mass is 243 g/mol. The predicted octanol–water partition coefficient (Wildman–Crippen LogP) is 2.75. The maximum Gasteiger partial charge on any atom is 0.407 e. The summed E-state index contributed by atoms with van der Waals surface area (Å²) in [6.07, 6.45) is -4.75. The van der Waals surface area contributed by atoms with Gasteiger partial charge in [0.25, 0.3) is 0 Å². The molecule has 3 N–H and O–H groups in total. The smallest absolute Gasteiger partial charge is 0.407 e. The maximum atomic E-state index is 12.8. The van der Waals surface area contributed by atoms with E-state index in [1.165, 1.54) is 0 Å². The van der Waals surface area contributed by atoms with Crippen molar-refractivity contribution in [3.8, 4) is 5.75 Å². The molecule has 1 aromatic rings. The standard InChI is InChI=1S/C8H6ClF4NO/c9-4-2-6(15)3(1-5(4)10)7(14)8(11,12)13/h1-2,7,15H,14H2/t7-/m0/s1. The molecular weight excluding hydrogens is 238 g/mol. The van der Waals surface area contributed by atoms with Crippen LogP contribution in [0.2, 0.25) is 5.02 Å². The Morgan fingerprint density at radius 1 is 1.33 bits per heavy atom. The van der Waals surface area contributed by atoms with Crippen molar-refractivity contribution in [2.45, 2.75) is 12.2 Å². The molecule has 0 radical (unpaired) electrons. The first-order valence-electron chi connectivity index (χ1n) is 3.73. The minimum atomic E-state index is -4.75. The molecule has 2 nitrogen and oxygen atoms in total. The predicted molar refractivity (Wildman–Crippen MR) is 46.1 cm³/mol. The molecule has 1 aromatic carbocycles. The highest BCUT2D eigenvalue weighted by Gasteiger charge is 2.39. The number of hydrogen-bond acceptors (Lipinski definition) is 2. The third-order valence-corrected chi connectivity index (χ3v) is 2.05. The zero-order valence-corrected chi connectivity index (χ0v) is 7.90. The Labute approximate surface area is 87.3 Å². The Balaban J connectivity index is 3.21. The van der Waals surface area contributed by atoms with Crippen molar-refractivity contribution in [3.05, 3.63) is 28.5 Å². The van der Waals surface area contributed by atoms with Crippen LogP contribution in [0.25, 0.3) is 0 Å². The third kappa shape index (κ3) is 2.51. The Bertz CT molecular complexity index is 380. The first-order valence-corrected chi connectivity index (χ1v) is 4.11. The van der Waals surface area contributed by atoms with Gasteiger partial charge in [-0.25, -0.2) is 4.39 Å². The molecule has 0 saturated carbocycles. The van der Waals surface area contributed by atoms with E-state index in [2.05, 4.69) is 0 Å². The average Bonchev–Trinajstić information content (AvgIpc) is 2.08. The molecule has 0 heterocycles. The van der Waals surface area contributed by atoms with Crippen LogP contribution in [0.4, 0.5) is 17.6 Å². The van der Waals surface area contributed by atoms with Gasteiger partial charge in [-0.2, -0.15) is 13.2 Å². The highest BCUT2D eigenvalue weighted by molar-refractivity contribution is 6.30. The van der Waals surface area contributed by atoms with Gasteiger partial charge in [-0.15, -0.1) is 0 Å². The van der Waals surface area contributed by atoms with Crippen LogP contribution >= 0.6 is 11.6 Å². The number of phenols is 1. The summed E-state index contributed by atoms with van der Waals surface area (Å²) in [4.78, 5) is 0. The zero-order valence-electron chi connectivity index (χ0n) is 7.15. The molecule has 0 aliphatic carbocycles. The van der Waals surface area contributed by atoms with Crippen molar-refractivity contribution < 1.29 is 22.7 Å². The van der Waals surface area contributed by atoms with Gasteiger partial charge in [-0.1, -0.05) is 11.6 Å². The highest BCUT2D eigenvalue weighted by atomic mass is 35.5. The number of rotatable bonds is 1. The number of hydrogen-bond donors (Lipinski definition) is 2. The average molecular weight is 244 g/mol. The Morgan fingerprint density at radius 2 is 1.87 bits per heavy atom. The van der Waals surface area contributed by atoms with Crippen LogP contribution in [-0.2, 0) is 0 Å². The second-order valence-electron chi connectivity index (χ2n) is 2.84. The van der Waals surface area contributed by atoms with Gasteiger partial charge >= 0.3 is 6.18 Å². The fourth-order valence-corrected chi connectivity index (χ4v) is 1.14. The van der Waals surface area contributed by atoms with Gasteiger partial charge in [0.15, 0.2) is 0 Å². The normalized spacial score (nSPS) is 14.0. The van der Waals surface area contributed by atoms with Crippen molar-refractivity contribution in [1.82, 2.24) is 0 Å². The molecule has 0 aliphatic rings. The lowest BCUT2D eigenvalue weighted by Gasteiger charge is -2.17. The Hall–Kier alpha value is -1.01. The molecule has 0 amide bonds. The van der Waals surface area contributed by atoms with E-state index in [1.807, 2.05) is 0 Å². The molecule has 1 atom stereocenters. The topological polar surface area (TPSA) is 46.2 Å². The van der Waals surface area contributed by atoms with E-state index >= 15 is 0 Å². The van der Waals surface area contributed by atoms with Crippen molar-refractivity contribution in [1.29, 1.82) is 0 Å². The van der Waals surface area contributed by atoms with Crippen LogP contribution in [0.1, 0.15) is 11.6 Å². The van der Waals surface area contributed by atoms with Gasteiger partial charge in [0.1, 0.15) is 17.6 Å². The SMILES string of the molecule is N[C@@H](c1cc(F)c(Cl)cc1O)C(F)(F)F. The van der Waals surface area contributed by atoms with Crippen LogP contribution < -0.4 is 5.73 Å². The van der Waals surface area contributed by atoms with E-state index < -0.39 is 34.4 Å². The van der Waals surface area contributed by atoms with Crippen LogP contribution in [-0.4, -0.2) is 11.3 Å². The number of aromatic hydroxyl groups is 1. The minimum Gasteiger partial charge on any atom is -0.508 e. The summed E-state index contributed by atoms with van der Waals surface area (Å²) in [5, 5.41) is 8.65. The van der Waals surface area contributed by atoms with Crippen molar-refractivity contribution in [3.63, 3.8) is 0 Å². The summed E-state index contributed by atoms with van der Waals surface area (Å²) >= 11 is 5.25. The first kappa shape index (κ1) is 12.1. The molecular formula is C8H6ClF4NO. The molecule has 0 fully saturated rings. The van der Waals surface area contributed by atoms with Crippen LogP contribution in [0, 0.1) is 5.82 Å². The van der Waals surface area contributed by atoms with Gasteiger partial charge in [0.2, 0.25) is 0 Å². The zero-order chi connectivity index (χ0) is 11.8. The van der Waals surface area contributed by atoms with Gasteiger partial charge in [-0.3, -0.25) is 0 Å². The second kappa shape index (κ2) is 3.86. The largest absolute Gasteiger partial charge is 0.508 e. The van der Waals surface area contributed by atoms with Crippen LogP contribution in [0.3, 0.4) is 0 Å². The van der Waals surface area contributed by atoms with Gasteiger partial charge in [-0.05, 0) is 6.07 Å². The molecule has 0 unspecified atom stereocenters. The van der Waals surface area contributed by atoms with E-state index in [0.717, 1.165) is 0 Å². The maximum absolute atomic E-state index is 12.8. The number of benzene rings is 1. The van der Waals surface area contributed by atoms with E-state index in [0.29, 0.717) is 12.1 Å². The number of halogens is 5. The fourth-order valence-electron chi connectivity index (χ4n) is 0.977. The van der Waals surface area contributed by atoms with E-state index in [9.17, 15) is 17.6 Å². The van der Waals surface area contributed by atoms with Crippen LogP contribution in [0.15, 0.2) is 12.1 Å². The number of alkyl halides is 3. The summed E-state index contributed by atoms with van der Waals surface area (Å²) < 4.78 is 49.3. The Morgan fingerprint density at radius 3 is 2.33 bits per heavy atom. The second-order valence-corrected chi connectivity index (χ2v) is 3.25. The molecule has 0 spiro atoms. The minimum absolute atomic E-state index is 0.467. The van der Waals surface area contributed by atoms with Gasteiger partial charge < -0.3 is 10.8 Å². The summed E-state index contributed by atoms with van der Waals surface area (Å²) in [7, 11) is 0. The molecule has 0 bridgehead atoms. The van der Waals surface area contributed by atoms with Crippen molar-refractivity contribution >= 4 is 11.6 Å². The molecule has 15 heavy (non-hydrogen) atoms. The lowest BCUT2D eigenvalue weighted by Crippen LogP contribution is -2.28. The lowest BCUT2D eigenvalue weighted by molar-refractivity contribution is -0.149. The number of phenolic OH excluding ortho intramolecular Hbond substituents is 1. The van der Waals surface area contributed by atoms with Crippen molar-refractivity contribution in [2.75, 3.05) is 0 Å². The molecule has 7 heteroatoms. The quantitative estimate of drug-likeness (QED) is 0.745. The van der Waals surface area contributed by atoms with Gasteiger partial charge in [0.05, 0.1) is 5.02 Å². The Kier molecular flexibility index (Phi) is 3.11. The highest BCUT2D eigenvalue weighted by Crippen LogP contribution is 2.36. The first-order chi connectivity index (χ1) is 6.73. The molecule has 0 saturated heterocycles. The molecule has 0 aromatic heterocycles. The fraction of sp³-hybridized carbons (Fsp3) is 0.250. The van der Waals surface area contributed by atoms with E-state index in [1.54, 1.807) is 0 Å². The number of nitrogens with two attached hydrogens (primary N) is 1. The summed E-state index contributed by atoms with van der Waals surface area (Å²) in [5.41, 5.74) is 4.05. The van der Waals surface area contributed by atoms with E-state index in [4.69, 9.17) is 22.4 Å². The van der Waals surface area contributed by atoms with E-state index in [-0.39, 0.29) is 0 Å². The van der Waals surface area contributed by atoms with Crippen molar-refractivity contribution in [2.24, 2.45) is 5.73 Å². The lowest BCUT2D eigenvalue weighted by atomic mass is 10.1. The molecule has 0 aliphatic heterocycles. The van der Waals surface area contributed by atoms with Gasteiger partial charge in [0, 0.05) is 11.6 Å². The summed E-state index contributed by atoms with van der Waals surface area (Å²) in [6, 6.07) is -1.29. The molecule has 1 rings (SSSR count). The van der Waals surface area contributed by atoms with Crippen LogP contribution in [0.5, 0.6) is 5.75 Å². The molecule has 84 valence electrons. The summed E-state index contributed by atoms with van der Waals surface area (Å²) in [5.74, 6) is -1.85. The summed E-state index contributed by atoms with van der Waals surface area (Å²) in [6.45, 7) is 0. The third-order valence-electron chi connectivity index (χ3n) is 1.76.